The van der Waals surface area contributed by atoms with Gasteiger partial charge in [-0.05, 0) is 25.0 Å². The molecule has 1 aliphatic rings. The van der Waals surface area contributed by atoms with E-state index in [1.54, 1.807) is 18.3 Å². The summed E-state index contributed by atoms with van der Waals surface area (Å²) < 4.78 is 0. The smallest absolute Gasteiger partial charge is 0.255 e. The summed E-state index contributed by atoms with van der Waals surface area (Å²) in [6.07, 6.45) is 7.14. The highest BCUT2D eigenvalue weighted by atomic mass is 16.3. The van der Waals surface area contributed by atoms with E-state index in [2.05, 4.69) is 10.3 Å². The Morgan fingerprint density at radius 2 is 2.10 bits per heavy atom. The fourth-order valence-electron chi connectivity index (χ4n) is 2.99. The number of carbonyl (C=O) groups excluding carboxylic acids is 1. The highest BCUT2D eigenvalue weighted by Gasteiger charge is 2.32. The summed E-state index contributed by atoms with van der Waals surface area (Å²) in [4.78, 5) is 18.5. The van der Waals surface area contributed by atoms with Gasteiger partial charge < -0.3 is 15.3 Å². The summed E-state index contributed by atoms with van der Waals surface area (Å²) in [5, 5.41) is 12.7. The molecule has 1 aliphatic carbocycles. The Morgan fingerprint density at radius 1 is 1.38 bits per heavy atom. The van der Waals surface area contributed by atoms with E-state index in [0.29, 0.717) is 17.9 Å². The average molecular weight is 291 g/mol. The molecule has 1 amide bonds. The second kappa shape index (κ2) is 6.89. The Morgan fingerprint density at radius 3 is 2.71 bits per heavy atom. The van der Waals surface area contributed by atoms with Crippen LogP contribution >= 0.6 is 0 Å². The van der Waals surface area contributed by atoms with Crippen molar-refractivity contribution in [2.45, 2.75) is 32.1 Å². The number of nitrogens with zero attached hydrogens (tertiary/aromatic N) is 2. The zero-order valence-electron chi connectivity index (χ0n) is 12.9. The van der Waals surface area contributed by atoms with Gasteiger partial charge >= 0.3 is 0 Å². The van der Waals surface area contributed by atoms with Gasteiger partial charge in [-0.1, -0.05) is 19.3 Å². The molecule has 0 spiro atoms. The largest absolute Gasteiger partial charge is 0.396 e. The number of pyridine rings is 1. The molecule has 0 aromatic carbocycles. The Hall–Kier alpha value is -1.62. The molecule has 116 valence electrons. The molecule has 0 aliphatic heterocycles. The van der Waals surface area contributed by atoms with Crippen LogP contribution in [0.2, 0.25) is 0 Å². The van der Waals surface area contributed by atoms with Crippen LogP contribution in [0, 0.1) is 5.41 Å². The van der Waals surface area contributed by atoms with Crippen molar-refractivity contribution in [2.75, 3.05) is 32.1 Å². The Bertz CT molecular complexity index is 482. The first-order valence-corrected chi connectivity index (χ1v) is 7.59. The van der Waals surface area contributed by atoms with Crippen LogP contribution < -0.4 is 10.2 Å². The number of amides is 1. The van der Waals surface area contributed by atoms with Gasteiger partial charge in [0.2, 0.25) is 0 Å². The Kier molecular flexibility index (Phi) is 5.17. The maximum Gasteiger partial charge on any atom is 0.255 e. The third kappa shape index (κ3) is 3.73. The SMILES string of the molecule is CN(C)c1ncccc1C(=O)NCC1(CO)CCCCC1. The Balaban J connectivity index is 2.04. The minimum absolute atomic E-state index is 0.120. The van der Waals surface area contributed by atoms with Gasteiger partial charge in [-0.15, -0.1) is 0 Å². The lowest BCUT2D eigenvalue weighted by atomic mass is 9.74. The van der Waals surface area contributed by atoms with Gasteiger partial charge in [0, 0.05) is 32.3 Å². The van der Waals surface area contributed by atoms with E-state index in [0.717, 1.165) is 25.7 Å². The lowest BCUT2D eigenvalue weighted by Gasteiger charge is -2.35. The van der Waals surface area contributed by atoms with Crippen LogP contribution in [-0.4, -0.2) is 43.2 Å². The summed E-state index contributed by atoms with van der Waals surface area (Å²) in [6, 6.07) is 3.55. The van der Waals surface area contributed by atoms with Crippen LogP contribution in [0.4, 0.5) is 5.82 Å². The van der Waals surface area contributed by atoms with Crippen molar-refractivity contribution in [1.29, 1.82) is 0 Å². The summed E-state index contributed by atoms with van der Waals surface area (Å²) in [5.74, 6) is 0.543. The van der Waals surface area contributed by atoms with Crippen molar-refractivity contribution in [3.63, 3.8) is 0 Å². The molecule has 0 bridgehead atoms. The molecule has 1 aromatic rings. The van der Waals surface area contributed by atoms with Gasteiger partial charge in [0.15, 0.2) is 0 Å². The number of nitrogens with one attached hydrogen (secondary N) is 1. The molecular weight excluding hydrogens is 266 g/mol. The van der Waals surface area contributed by atoms with Crippen LogP contribution in [0.15, 0.2) is 18.3 Å². The van der Waals surface area contributed by atoms with Crippen molar-refractivity contribution in [3.05, 3.63) is 23.9 Å². The lowest BCUT2D eigenvalue weighted by molar-refractivity contribution is 0.0718. The van der Waals surface area contributed by atoms with Crippen LogP contribution in [0.1, 0.15) is 42.5 Å². The molecule has 0 saturated heterocycles. The quantitative estimate of drug-likeness (QED) is 0.868. The van der Waals surface area contributed by atoms with Gasteiger partial charge in [-0.2, -0.15) is 0 Å². The van der Waals surface area contributed by atoms with Gasteiger partial charge in [0.1, 0.15) is 5.82 Å². The van der Waals surface area contributed by atoms with Gasteiger partial charge in [-0.25, -0.2) is 4.98 Å². The summed E-state index contributed by atoms with van der Waals surface area (Å²) in [7, 11) is 3.74. The minimum Gasteiger partial charge on any atom is -0.396 e. The topological polar surface area (TPSA) is 65.5 Å². The van der Waals surface area contributed by atoms with Crippen LogP contribution in [-0.2, 0) is 0 Å². The third-order valence-corrected chi connectivity index (χ3v) is 4.33. The fourth-order valence-corrected chi connectivity index (χ4v) is 2.99. The standard InChI is InChI=1S/C16H25N3O2/c1-19(2)14-13(7-6-10-17-14)15(21)18-11-16(12-20)8-4-3-5-9-16/h6-7,10,20H,3-5,8-9,11-12H2,1-2H3,(H,18,21). The van der Waals surface area contributed by atoms with Gasteiger partial charge in [-0.3, -0.25) is 4.79 Å². The highest BCUT2D eigenvalue weighted by Crippen LogP contribution is 2.35. The summed E-state index contributed by atoms with van der Waals surface area (Å²) >= 11 is 0. The molecule has 2 N–H and O–H groups in total. The van der Waals surface area contributed by atoms with Crippen molar-refractivity contribution in [2.24, 2.45) is 5.41 Å². The minimum atomic E-state index is -0.144. The predicted molar refractivity (Wildman–Crippen MR) is 83.5 cm³/mol. The number of rotatable bonds is 5. The van der Waals surface area contributed by atoms with E-state index in [9.17, 15) is 9.90 Å². The van der Waals surface area contributed by atoms with Crippen molar-refractivity contribution < 1.29 is 9.90 Å². The van der Waals surface area contributed by atoms with E-state index in [1.807, 2.05) is 19.0 Å². The van der Waals surface area contributed by atoms with Gasteiger partial charge in [0.25, 0.3) is 5.91 Å². The van der Waals surface area contributed by atoms with Crippen LogP contribution in [0.3, 0.4) is 0 Å². The number of carbonyl (C=O) groups is 1. The highest BCUT2D eigenvalue weighted by molar-refractivity contribution is 5.98. The van der Waals surface area contributed by atoms with E-state index in [1.165, 1.54) is 6.42 Å². The van der Waals surface area contributed by atoms with Crippen LogP contribution in [0.25, 0.3) is 0 Å². The summed E-state index contributed by atoms with van der Waals surface area (Å²) in [5.41, 5.74) is 0.431. The normalized spacial score (nSPS) is 17.3. The van der Waals surface area contributed by atoms with Crippen LogP contribution in [0.5, 0.6) is 0 Å². The number of hydrogen-bond acceptors (Lipinski definition) is 4. The zero-order valence-corrected chi connectivity index (χ0v) is 12.9. The summed E-state index contributed by atoms with van der Waals surface area (Å²) in [6.45, 7) is 0.672. The first-order chi connectivity index (χ1) is 10.1. The maximum absolute atomic E-state index is 12.4. The number of hydrogen-bond donors (Lipinski definition) is 2. The number of aliphatic hydroxyl groups is 1. The van der Waals surface area contributed by atoms with Crippen molar-refractivity contribution >= 4 is 11.7 Å². The maximum atomic E-state index is 12.4. The predicted octanol–water partition coefficient (Wildman–Crippen LogP) is 1.82. The molecule has 21 heavy (non-hydrogen) atoms. The van der Waals surface area contributed by atoms with Crippen molar-refractivity contribution in [1.82, 2.24) is 10.3 Å². The molecule has 5 nitrogen and oxygen atoms in total. The molecule has 0 radical (unpaired) electrons. The molecule has 2 rings (SSSR count). The molecular formula is C16H25N3O2. The van der Waals surface area contributed by atoms with E-state index in [4.69, 9.17) is 0 Å². The molecule has 1 heterocycles. The second-order valence-corrected chi connectivity index (χ2v) is 6.17. The monoisotopic (exact) mass is 291 g/mol. The third-order valence-electron chi connectivity index (χ3n) is 4.33. The molecule has 0 unspecified atom stereocenters. The van der Waals surface area contributed by atoms with E-state index in [-0.39, 0.29) is 17.9 Å². The molecule has 1 fully saturated rings. The first kappa shape index (κ1) is 15.8. The van der Waals surface area contributed by atoms with Crippen molar-refractivity contribution in [3.8, 4) is 0 Å². The molecule has 5 heteroatoms. The molecule has 1 saturated carbocycles. The molecule has 0 atom stereocenters. The van der Waals surface area contributed by atoms with E-state index >= 15 is 0 Å². The zero-order chi connectivity index (χ0) is 15.3. The van der Waals surface area contributed by atoms with E-state index < -0.39 is 0 Å². The lowest BCUT2D eigenvalue weighted by Crippen LogP contribution is -2.41. The number of aromatic nitrogens is 1. The second-order valence-electron chi connectivity index (χ2n) is 6.17. The first-order valence-electron chi connectivity index (χ1n) is 7.59. The fraction of sp³-hybridized carbons (Fsp3) is 0.625. The Labute approximate surface area is 126 Å². The average Bonchev–Trinajstić information content (AvgIpc) is 2.53. The number of aliphatic hydroxyl groups excluding tert-OH is 1. The molecule has 1 aromatic heterocycles. The van der Waals surface area contributed by atoms with Gasteiger partial charge in [0.05, 0.1) is 12.2 Å². The number of anilines is 1.